The van der Waals surface area contributed by atoms with Crippen molar-refractivity contribution in [2.24, 2.45) is 12.0 Å². The lowest BCUT2D eigenvalue weighted by Crippen LogP contribution is -2.39. The Hall–Kier alpha value is -3.46. The van der Waals surface area contributed by atoms with Crippen LogP contribution in [0.25, 0.3) is 6.08 Å². The van der Waals surface area contributed by atoms with Gasteiger partial charge in [0, 0.05) is 37.6 Å². The normalized spacial score (nSPS) is 15.8. The molecule has 0 bridgehead atoms. The molecule has 9 heteroatoms. The van der Waals surface area contributed by atoms with Gasteiger partial charge in [0.05, 0.1) is 34.6 Å². The molecule has 4 rings (SSSR count). The van der Waals surface area contributed by atoms with Gasteiger partial charge in [-0.3, -0.25) is 14.0 Å². The lowest BCUT2D eigenvalue weighted by molar-refractivity contribution is -0.136. The van der Waals surface area contributed by atoms with Crippen molar-refractivity contribution in [3.63, 3.8) is 0 Å². The van der Waals surface area contributed by atoms with Gasteiger partial charge in [-0.2, -0.15) is 5.10 Å². The molecular formula is C25H29N5O3S. The molecule has 2 aromatic heterocycles. The van der Waals surface area contributed by atoms with Gasteiger partial charge in [-0.15, -0.1) is 0 Å². The average molecular weight is 480 g/mol. The highest BCUT2D eigenvalue weighted by Gasteiger charge is 2.33. The molecule has 0 saturated carbocycles. The summed E-state index contributed by atoms with van der Waals surface area (Å²) in [5.41, 5.74) is 4.35. The van der Waals surface area contributed by atoms with E-state index in [-0.39, 0.29) is 5.56 Å². The van der Waals surface area contributed by atoms with Crippen LogP contribution in [-0.4, -0.2) is 40.5 Å². The summed E-state index contributed by atoms with van der Waals surface area (Å²) >= 11 is 1.31. The number of ether oxygens (including phenoxy) is 1. The second-order valence-corrected chi connectivity index (χ2v) is 9.19. The number of aryl methyl sites for hydroxylation is 2. The number of rotatable bonds is 6. The highest BCUT2D eigenvalue weighted by molar-refractivity contribution is 7.07. The molecule has 0 fully saturated rings. The number of benzene rings is 1. The number of anilines is 1. The molecule has 0 saturated heterocycles. The van der Waals surface area contributed by atoms with Crippen molar-refractivity contribution in [1.29, 1.82) is 0 Å². The van der Waals surface area contributed by atoms with Crippen LogP contribution in [0.1, 0.15) is 43.6 Å². The maximum Gasteiger partial charge on any atom is 0.338 e. The molecule has 1 aromatic carbocycles. The molecule has 0 amide bonds. The molecule has 1 aliphatic heterocycles. The van der Waals surface area contributed by atoms with Crippen LogP contribution in [-0.2, 0) is 16.6 Å². The number of aromatic nitrogens is 3. The fourth-order valence-corrected chi connectivity index (χ4v) is 5.40. The number of thiazole rings is 1. The van der Waals surface area contributed by atoms with Crippen molar-refractivity contribution in [3.8, 4) is 0 Å². The smallest absolute Gasteiger partial charge is 0.338 e. The molecule has 3 aromatic rings. The largest absolute Gasteiger partial charge is 0.466 e. The number of allylic oxidation sites excluding steroid dienone is 1. The van der Waals surface area contributed by atoms with E-state index < -0.39 is 12.0 Å². The van der Waals surface area contributed by atoms with Crippen LogP contribution in [0.3, 0.4) is 0 Å². The third kappa shape index (κ3) is 4.11. The van der Waals surface area contributed by atoms with Crippen molar-refractivity contribution in [3.05, 3.63) is 78.2 Å². The third-order valence-corrected chi connectivity index (χ3v) is 7.09. The zero-order chi connectivity index (χ0) is 24.6. The molecule has 1 aliphatic rings. The summed E-state index contributed by atoms with van der Waals surface area (Å²) < 4.78 is 8.95. The quantitative estimate of drug-likeness (QED) is 0.507. The zero-order valence-electron chi connectivity index (χ0n) is 20.3. The fourth-order valence-electron chi connectivity index (χ4n) is 4.37. The van der Waals surface area contributed by atoms with E-state index in [9.17, 15) is 9.59 Å². The van der Waals surface area contributed by atoms with Crippen LogP contribution in [0, 0.1) is 6.92 Å². The summed E-state index contributed by atoms with van der Waals surface area (Å²) in [6, 6.07) is 7.39. The van der Waals surface area contributed by atoms with Crippen LogP contribution in [0.2, 0.25) is 0 Å². The Labute approximate surface area is 202 Å². The summed E-state index contributed by atoms with van der Waals surface area (Å²) in [5, 5.41) is 4.36. The molecule has 0 spiro atoms. The van der Waals surface area contributed by atoms with E-state index in [1.54, 1.807) is 16.2 Å². The van der Waals surface area contributed by atoms with Crippen molar-refractivity contribution in [1.82, 2.24) is 14.3 Å². The van der Waals surface area contributed by atoms with Crippen molar-refractivity contribution in [2.45, 2.75) is 33.7 Å². The average Bonchev–Trinajstić information content (AvgIpc) is 3.30. The van der Waals surface area contributed by atoms with E-state index in [2.05, 4.69) is 28.8 Å². The molecular weight excluding hydrogens is 450 g/mol. The summed E-state index contributed by atoms with van der Waals surface area (Å²) in [6.45, 7) is 9.70. The predicted molar refractivity (Wildman–Crippen MR) is 134 cm³/mol. The summed E-state index contributed by atoms with van der Waals surface area (Å²) in [6.07, 6.45) is 3.71. The van der Waals surface area contributed by atoms with Gasteiger partial charge in [0.15, 0.2) is 4.80 Å². The molecule has 3 heterocycles. The number of carbonyl (C=O) groups excluding carboxylic acids is 1. The summed E-state index contributed by atoms with van der Waals surface area (Å²) in [4.78, 5) is 33.8. The van der Waals surface area contributed by atoms with E-state index >= 15 is 0 Å². The van der Waals surface area contributed by atoms with Gasteiger partial charge in [-0.05, 0) is 51.5 Å². The second kappa shape index (κ2) is 9.42. The minimum absolute atomic E-state index is 0.196. The van der Waals surface area contributed by atoms with Gasteiger partial charge in [0.2, 0.25) is 0 Å². The lowest BCUT2D eigenvalue weighted by atomic mass is 9.95. The van der Waals surface area contributed by atoms with E-state index in [1.807, 2.05) is 50.5 Å². The summed E-state index contributed by atoms with van der Waals surface area (Å²) in [7, 11) is 3.19. The van der Waals surface area contributed by atoms with Crippen LogP contribution in [0.4, 0.5) is 5.69 Å². The molecule has 8 nitrogen and oxygen atoms in total. The van der Waals surface area contributed by atoms with Crippen LogP contribution in [0.5, 0.6) is 0 Å². The lowest BCUT2D eigenvalue weighted by Gasteiger charge is -2.26. The first kappa shape index (κ1) is 23.7. The van der Waals surface area contributed by atoms with Gasteiger partial charge in [0.25, 0.3) is 5.56 Å². The van der Waals surface area contributed by atoms with Crippen molar-refractivity contribution < 1.29 is 9.53 Å². The molecule has 0 unspecified atom stereocenters. The molecule has 0 N–H and O–H groups in total. The second-order valence-electron chi connectivity index (χ2n) is 8.18. The van der Waals surface area contributed by atoms with Crippen LogP contribution < -0.4 is 19.8 Å². The number of nitrogens with zero attached hydrogens (tertiary/aromatic N) is 5. The van der Waals surface area contributed by atoms with E-state index in [4.69, 9.17) is 4.74 Å². The Bertz CT molecular complexity index is 1440. The minimum atomic E-state index is -0.619. The number of esters is 1. The molecule has 34 heavy (non-hydrogen) atoms. The van der Waals surface area contributed by atoms with Gasteiger partial charge >= 0.3 is 5.97 Å². The van der Waals surface area contributed by atoms with Crippen molar-refractivity contribution >= 4 is 29.1 Å². The van der Waals surface area contributed by atoms with E-state index in [1.165, 1.54) is 18.4 Å². The molecule has 0 radical (unpaired) electrons. The molecule has 178 valence electrons. The zero-order valence-corrected chi connectivity index (χ0v) is 21.1. The standard InChI is InChI=1S/C25H29N5O3S/c1-7-29(8-2)19-11-9-17(10-12-19)22-21(24(32)33-6)16(4)26-25-30(22)23(31)20(34-25)13-18-14-28(5)27-15(18)3/h9-14,22H,7-8H2,1-6H3/b20-13+/t22-/m0/s1. The Balaban J connectivity index is 1.92. The van der Waals surface area contributed by atoms with Crippen LogP contribution >= 0.6 is 11.3 Å². The Morgan fingerprint density at radius 3 is 2.44 bits per heavy atom. The number of hydrogen-bond acceptors (Lipinski definition) is 7. The highest BCUT2D eigenvalue weighted by Crippen LogP contribution is 2.31. The maximum absolute atomic E-state index is 13.6. The molecule has 0 aliphatic carbocycles. The first-order chi connectivity index (χ1) is 16.3. The van der Waals surface area contributed by atoms with Gasteiger partial charge < -0.3 is 9.64 Å². The summed E-state index contributed by atoms with van der Waals surface area (Å²) in [5.74, 6) is -0.489. The molecule has 1 atom stereocenters. The Kier molecular flexibility index (Phi) is 6.56. The van der Waals surface area contributed by atoms with Gasteiger partial charge in [-0.25, -0.2) is 9.79 Å². The predicted octanol–water partition coefficient (Wildman–Crippen LogP) is 2.30. The van der Waals surface area contributed by atoms with Crippen LogP contribution in [0.15, 0.2) is 51.5 Å². The van der Waals surface area contributed by atoms with E-state index in [0.717, 1.165) is 35.6 Å². The monoisotopic (exact) mass is 479 g/mol. The third-order valence-electron chi connectivity index (χ3n) is 6.10. The first-order valence-electron chi connectivity index (χ1n) is 11.2. The van der Waals surface area contributed by atoms with Crippen molar-refractivity contribution in [2.75, 3.05) is 25.1 Å². The fraction of sp³-hybridized carbons (Fsp3) is 0.360. The van der Waals surface area contributed by atoms with Gasteiger partial charge in [0.1, 0.15) is 0 Å². The first-order valence-corrected chi connectivity index (χ1v) is 12.1. The number of methoxy groups -OCH3 is 1. The minimum Gasteiger partial charge on any atom is -0.466 e. The SMILES string of the molecule is CCN(CC)c1ccc([C@H]2C(C(=O)OC)=C(C)N=c3s/c(=C/c4cn(C)nc4C)c(=O)n32)cc1. The number of fused-ring (bicyclic) bond motifs is 1. The Morgan fingerprint density at radius 1 is 1.21 bits per heavy atom. The number of hydrogen-bond donors (Lipinski definition) is 0. The van der Waals surface area contributed by atoms with E-state index in [0.29, 0.717) is 20.6 Å². The number of carbonyl (C=O) groups is 1. The Morgan fingerprint density at radius 2 is 1.88 bits per heavy atom. The topological polar surface area (TPSA) is 81.7 Å². The highest BCUT2D eigenvalue weighted by atomic mass is 32.1. The van der Waals surface area contributed by atoms with Gasteiger partial charge in [-0.1, -0.05) is 23.5 Å². The maximum atomic E-state index is 13.6.